The van der Waals surface area contributed by atoms with Crippen molar-refractivity contribution in [2.24, 2.45) is 0 Å². The molecule has 110 valence electrons. The Morgan fingerprint density at radius 3 is 1.84 bits per heavy atom. The maximum atomic E-state index is 10.8. The van der Waals surface area contributed by atoms with E-state index in [9.17, 15) is 9.59 Å². The van der Waals surface area contributed by atoms with Crippen molar-refractivity contribution in [1.82, 2.24) is 0 Å². The first-order valence-corrected chi connectivity index (χ1v) is 5.61. The van der Waals surface area contributed by atoms with Gasteiger partial charge in [0.05, 0.1) is 19.8 Å². The summed E-state index contributed by atoms with van der Waals surface area (Å²) in [7, 11) is 1.60. The smallest absolute Gasteiger partial charge is 0.333 e. The largest absolute Gasteiger partial charge is 0.478 e. The molecule has 0 bridgehead atoms. The number of hydrogen-bond donors (Lipinski definition) is 1. The molecule has 0 aromatic heterocycles. The van der Waals surface area contributed by atoms with Crippen molar-refractivity contribution in [3.63, 3.8) is 0 Å². The summed E-state index contributed by atoms with van der Waals surface area (Å²) in [5.74, 6) is -1.31. The molecule has 0 spiro atoms. The van der Waals surface area contributed by atoms with Gasteiger partial charge in [-0.2, -0.15) is 0 Å². The predicted octanol–water partition coefficient (Wildman–Crippen LogP) is 1.42. The topological polar surface area (TPSA) is 82.1 Å². The Morgan fingerprint density at radius 2 is 1.47 bits per heavy atom. The number of esters is 1. The van der Waals surface area contributed by atoms with Gasteiger partial charge in [0, 0.05) is 18.3 Å². The fraction of sp³-hybridized carbons (Fsp3) is 0.538. The van der Waals surface area contributed by atoms with E-state index in [-0.39, 0.29) is 18.1 Å². The van der Waals surface area contributed by atoms with Crippen LogP contribution in [-0.4, -0.2) is 50.6 Å². The molecule has 6 heteroatoms. The Morgan fingerprint density at radius 1 is 1.00 bits per heavy atom. The maximum Gasteiger partial charge on any atom is 0.333 e. The van der Waals surface area contributed by atoms with Gasteiger partial charge in [-0.25, -0.2) is 9.59 Å². The Kier molecular flexibility index (Phi) is 13.2. The van der Waals surface area contributed by atoms with Gasteiger partial charge < -0.3 is 19.3 Å². The molecule has 0 rings (SSSR count). The molecule has 0 heterocycles. The molecular weight excluding hydrogens is 252 g/mol. The maximum absolute atomic E-state index is 10.8. The standard InChI is InChI=1S/C9H16O4.C4H6O2/c1-8(2)9(10)13-7-6-12-5-4-11-3;1-3(2)4(5)6/h1,4-7H2,2-3H3;1H2,2H3,(H,5,6). The van der Waals surface area contributed by atoms with Crippen LogP contribution in [0.4, 0.5) is 0 Å². The van der Waals surface area contributed by atoms with Crippen LogP contribution in [0.5, 0.6) is 0 Å². The summed E-state index contributed by atoms with van der Waals surface area (Å²) in [5.41, 5.74) is 0.576. The molecule has 0 aromatic carbocycles. The number of ether oxygens (including phenoxy) is 3. The first-order valence-electron chi connectivity index (χ1n) is 5.61. The molecule has 0 aliphatic carbocycles. The van der Waals surface area contributed by atoms with Crippen molar-refractivity contribution in [3.05, 3.63) is 24.3 Å². The van der Waals surface area contributed by atoms with Crippen molar-refractivity contribution < 1.29 is 28.9 Å². The number of carbonyl (C=O) groups excluding carboxylic acids is 1. The summed E-state index contributed by atoms with van der Waals surface area (Å²) in [6.07, 6.45) is 0. The van der Waals surface area contributed by atoms with E-state index in [1.54, 1.807) is 14.0 Å². The molecule has 0 aliphatic heterocycles. The molecule has 0 fully saturated rings. The number of carbonyl (C=O) groups is 2. The monoisotopic (exact) mass is 274 g/mol. The van der Waals surface area contributed by atoms with Gasteiger partial charge in [0.15, 0.2) is 0 Å². The van der Waals surface area contributed by atoms with E-state index in [0.29, 0.717) is 25.4 Å². The number of hydrogen-bond acceptors (Lipinski definition) is 5. The lowest BCUT2D eigenvalue weighted by Crippen LogP contribution is -2.12. The molecule has 0 saturated carbocycles. The Labute approximate surface area is 113 Å². The van der Waals surface area contributed by atoms with Gasteiger partial charge in [-0.3, -0.25) is 0 Å². The van der Waals surface area contributed by atoms with Crippen LogP contribution in [0.1, 0.15) is 13.8 Å². The van der Waals surface area contributed by atoms with Crippen LogP contribution < -0.4 is 0 Å². The zero-order valence-electron chi connectivity index (χ0n) is 11.7. The summed E-state index contributed by atoms with van der Waals surface area (Å²) in [4.78, 5) is 20.4. The highest BCUT2D eigenvalue weighted by Gasteiger charge is 2.01. The minimum atomic E-state index is -0.935. The summed E-state index contributed by atoms with van der Waals surface area (Å²) >= 11 is 0. The van der Waals surface area contributed by atoms with Crippen LogP contribution in [-0.2, 0) is 23.8 Å². The second-order valence-corrected chi connectivity index (χ2v) is 3.61. The number of methoxy groups -OCH3 is 1. The van der Waals surface area contributed by atoms with E-state index < -0.39 is 5.97 Å². The minimum absolute atomic E-state index is 0.176. The Balaban J connectivity index is 0. The fourth-order valence-corrected chi connectivity index (χ4v) is 0.561. The Hall–Kier alpha value is -1.66. The number of rotatable bonds is 8. The molecule has 0 aromatic rings. The minimum Gasteiger partial charge on any atom is -0.478 e. The predicted molar refractivity (Wildman–Crippen MR) is 70.9 cm³/mol. The van der Waals surface area contributed by atoms with Crippen LogP contribution in [0.15, 0.2) is 24.3 Å². The lowest BCUT2D eigenvalue weighted by atomic mass is 10.4. The molecule has 0 unspecified atom stereocenters. The van der Waals surface area contributed by atoms with E-state index >= 15 is 0 Å². The van der Waals surface area contributed by atoms with E-state index in [2.05, 4.69) is 13.2 Å². The van der Waals surface area contributed by atoms with E-state index in [1.807, 2.05) is 0 Å². The number of carboxylic acid groups (broad SMARTS) is 1. The zero-order chi connectivity index (χ0) is 15.3. The van der Waals surface area contributed by atoms with Crippen molar-refractivity contribution in [2.45, 2.75) is 13.8 Å². The van der Waals surface area contributed by atoms with Crippen LogP contribution in [0.3, 0.4) is 0 Å². The second kappa shape index (κ2) is 12.8. The van der Waals surface area contributed by atoms with Gasteiger partial charge >= 0.3 is 11.9 Å². The highest BCUT2D eigenvalue weighted by Crippen LogP contribution is 1.91. The average molecular weight is 274 g/mol. The average Bonchev–Trinajstić information content (AvgIpc) is 2.33. The summed E-state index contributed by atoms with van der Waals surface area (Å²) in [5, 5.41) is 7.89. The molecular formula is C13H22O6. The third-order valence-corrected chi connectivity index (χ3v) is 1.61. The van der Waals surface area contributed by atoms with Gasteiger partial charge in [0.2, 0.25) is 0 Å². The molecule has 0 saturated heterocycles. The van der Waals surface area contributed by atoms with Crippen molar-refractivity contribution in [2.75, 3.05) is 33.5 Å². The summed E-state index contributed by atoms with van der Waals surface area (Å²) in [6.45, 7) is 11.4. The highest BCUT2D eigenvalue weighted by molar-refractivity contribution is 5.86. The molecule has 0 amide bonds. The van der Waals surface area contributed by atoms with Crippen LogP contribution in [0.25, 0.3) is 0 Å². The molecule has 0 atom stereocenters. The van der Waals surface area contributed by atoms with E-state index in [0.717, 1.165) is 0 Å². The van der Waals surface area contributed by atoms with Crippen LogP contribution >= 0.6 is 0 Å². The first kappa shape index (κ1) is 19.7. The summed E-state index contributed by atoms with van der Waals surface area (Å²) < 4.78 is 14.6. The van der Waals surface area contributed by atoms with Gasteiger partial charge in [0.1, 0.15) is 6.61 Å². The van der Waals surface area contributed by atoms with Gasteiger partial charge in [-0.1, -0.05) is 13.2 Å². The SMILES string of the molecule is C=C(C)C(=O)O.C=C(C)C(=O)OCCOCCOC. The molecule has 1 N–H and O–H groups in total. The summed E-state index contributed by atoms with van der Waals surface area (Å²) in [6, 6.07) is 0. The normalized spacial score (nSPS) is 9.00. The Bertz CT molecular complexity index is 296. The quantitative estimate of drug-likeness (QED) is 0.409. The lowest BCUT2D eigenvalue weighted by Gasteiger charge is -2.04. The fourth-order valence-electron chi connectivity index (χ4n) is 0.561. The highest BCUT2D eigenvalue weighted by atomic mass is 16.6. The number of aliphatic carboxylic acids is 1. The second-order valence-electron chi connectivity index (χ2n) is 3.61. The number of carboxylic acids is 1. The van der Waals surface area contributed by atoms with Crippen molar-refractivity contribution in [3.8, 4) is 0 Å². The van der Waals surface area contributed by atoms with Gasteiger partial charge in [-0.15, -0.1) is 0 Å². The molecule has 0 radical (unpaired) electrons. The third kappa shape index (κ3) is 16.3. The lowest BCUT2D eigenvalue weighted by molar-refractivity contribution is -0.140. The zero-order valence-corrected chi connectivity index (χ0v) is 11.7. The molecule has 6 nitrogen and oxygen atoms in total. The third-order valence-electron chi connectivity index (χ3n) is 1.61. The van der Waals surface area contributed by atoms with Crippen LogP contribution in [0.2, 0.25) is 0 Å². The molecule has 0 aliphatic rings. The first-order chi connectivity index (χ1) is 8.82. The van der Waals surface area contributed by atoms with E-state index in [4.69, 9.17) is 19.3 Å². The van der Waals surface area contributed by atoms with Crippen molar-refractivity contribution >= 4 is 11.9 Å². The van der Waals surface area contributed by atoms with E-state index in [1.165, 1.54) is 6.92 Å². The van der Waals surface area contributed by atoms with Gasteiger partial charge in [-0.05, 0) is 13.8 Å². The van der Waals surface area contributed by atoms with Gasteiger partial charge in [0.25, 0.3) is 0 Å². The van der Waals surface area contributed by atoms with Crippen LogP contribution in [0, 0.1) is 0 Å². The van der Waals surface area contributed by atoms with Crippen molar-refractivity contribution in [1.29, 1.82) is 0 Å². The molecule has 19 heavy (non-hydrogen) atoms.